The van der Waals surface area contributed by atoms with Crippen molar-refractivity contribution in [2.45, 2.75) is 13.0 Å². The van der Waals surface area contributed by atoms with Gasteiger partial charge in [0.05, 0.1) is 12.1 Å². The van der Waals surface area contributed by atoms with Gasteiger partial charge in [0.25, 0.3) is 0 Å². The smallest absolute Gasteiger partial charge is 0.222 e. The van der Waals surface area contributed by atoms with E-state index in [1.54, 1.807) is 12.1 Å². The van der Waals surface area contributed by atoms with Crippen molar-refractivity contribution in [3.05, 3.63) is 70.1 Å². The summed E-state index contributed by atoms with van der Waals surface area (Å²) in [5.41, 5.74) is 8.22. The summed E-state index contributed by atoms with van der Waals surface area (Å²) in [5.74, 6) is -0.372. The average molecular weight is 358 g/mol. The molecule has 6 heteroatoms. The lowest BCUT2D eigenvalue weighted by Crippen LogP contribution is -2.13. The Hall–Kier alpha value is -2.37. The summed E-state index contributed by atoms with van der Waals surface area (Å²) in [6.07, 6.45) is 0.169. The van der Waals surface area contributed by atoms with Crippen molar-refractivity contribution in [2.75, 3.05) is 5.32 Å². The molecule has 3 N–H and O–H groups in total. The van der Waals surface area contributed by atoms with E-state index in [0.717, 1.165) is 26.8 Å². The molecule has 4 nitrogen and oxygen atoms in total. The highest BCUT2D eigenvalue weighted by Crippen LogP contribution is 2.32. The number of nitrogens with one attached hydrogen (secondary N) is 1. The quantitative estimate of drug-likeness (QED) is 0.697. The Morgan fingerprint density at radius 3 is 2.50 bits per heavy atom. The first-order valence-corrected chi connectivity index (χ1v) is 8.63. The second kappa shape index (κ2) is 7.47. The maximum atomic E-state index is 11.4. The fraction of sp³-hybridized carbons (Fsp3) is 0.111. The molecular weight excluding hydrogens is 342 g/mol. The number of hydrogen-bond acceptors (Lipinski definition) is 4. The largest absolute Gasteiger partial charge is 0.369 e. The fourth-order valence-electron chi connectivity index (χ4n) is 2.31. The van der Waals surface area contributed by atoms with E-state index in [1.807, 2.05) is 42.5 Å². The molecule has 3 aromatic rings. The number of amides is 1. The number of primary amides is 1. The van der Waals surface area contributed by atoms with E-state index in [4.69, 9.17) is 17.3 Å². The van der Waals surface area contributed by atoms with Gasteiger partial charge in [0.15, 0.2) is 5.13 Å². The zero-order valence-electron chi connectivity index (χ0n) is 12.8. The van der Waals surface area contributed by atoms with Crippen molar-refractivity contribution in [1.29, 1.82) is 0 Å². The normalized spacial score (nSPS) is 10.5. The predicted molar refractivity (Wildman–Crippen MR) is 99.2 cm³/mol. The van der Waals surface area contributed by atoms with Gasteiger partial charge in [0.1, 0.15) is 0 Å². The van der Waals surface area contributed by atoms with Crippen LogP contribution in [0, 0.1) is 0 Å². The Kier molecular flexibility index (Phi) is 5.13. The van der Waals surface area contributed by atoms with Gasteiger partial charge < -0.3 is 11.1 Å². The number of aromatic nitrogens is 1. The molecule has 0 radical (unpaired) electrons. The first kappa shape index (κ1) is 16.5. The average Bonchev–Trinajstić information content (AvgIpc) is 2.97. The highest BCUT2D eigenvalue weighted by atomic mass is 35.5. The molecule has 0 aliphatic rings. The molecule has 0 aliphatic carbocycles. The third kappa shape index (κ3) is 4.13. The van der Waals surface area contributed by atoms with Crippen LogP contribution in [0.15, 0.2) is 54.6 Å². The molecule has 0 fully saturated rings. The summed E-state index contributed by atoms with van der Waals surface area (Å²) in [6.45, 7) is 0.671. The maximum Gasteiger partial charge on any atom is 0.222 e. The molecule has 0 aliphatic heterocycles. The maximum absolute atomic E-state index is 11.4. The van der Waals surface area contributed by atoms with E-state index in [9.17, 15) is 4.79 Å². The van der Waals surface area contributed by atoms with E-state index in [2.05, 4.69) is 10.3 Å². The number of nitrogens with two attached hydrogens (primary N) is 1. The van der Waals surface area contributed by atoms with E-state index in [-0.39, 0.29) is 12.3 Å². The summed E-state index contributed by atoms with van der Waals surface area (Å²) >= 11 is 7.39. The van der Waals surface area contributed by atoms with Crippen molar-refractivity contribution in [1.82, 2.24) is 4.98 Å². The lowest BCUT2D eigenvalue weighted by Gasteiger charge is -2.02. The third-order valence-electron chi connectivity index (χ3n) is 3.44. The molecule has 1 aromatic heterocycles. The minimum atomic E-state index is -0.372. The first-order valence-electron chi connectivity index (χ1n) is 7.43. The van der Waals surface area contributed by atoms with E-state index in [0.29, 0.717) is 11.6 Å². The summed E-state index contributed by atoms with van der Waals surface area (Å²) in [6, 6.07) is 17.5. The minimum Gasteiger partial charge on any atom is -0.369 e. The van der Waals surface area contributed by atoms with Crippen molar-refractivity contribution >= 4 is 34.0 Å². The van der Waals surface area contributed by atoms with Crippen LogP contribution in [0.4, 0.5) is 5.13 Å². The molecule has 0 atom stereocenters. The summed E-state index contributed by atoms with van der Waals surface area (Å²) < 4.78 is 0. The number of hydrogen-bond donors (Lipinski definition) is 2. The molecule has 0 saturated heterocycles. The van der Waals surface area contributed by atoms with Crippen LogP contribution in [-0.2, 0) is 17.8 Å². The van der Waals surface area contributed by atoms with Crippen LogP contribution in [0.5, 0.6) is 0 Å². The Balaban J connectivity index is 1.85. The fourth-order valence-corrected chi connectivity index (χ4v) is 3.43. The number of carbonyl (C=O) groups excluding carboxylic acids is 1. The lowest BCUT2D eigenvalue weighted by atomic mass is 10.1. The molecular formula is C18H16ClN3OS. The first-order chi connectivity index (χ1) is 11.6. The molecule has 1 amide bonds. The molecule has 0 bridgehead atoms. The van der Waals surface area contributed by atoms with E-state index in [1.165, 1.54) is 11.3 Å². The Morgan fingerprint density at radius 1 is 1.12 bits per heavy atom. The zero-order valence-corrected chi connectivity index (χ0v) is 14.4. The predicted octanol–water partition coefficient (Wildman–Crippen LogP) is 4.10. The standard InChI is InChI=1S/C18H16ClN3OS/c19-14-8-6-13(7-9-14)17-15(10-16(20)23)24-18(22-17)21-11-12-4-2-1-3-5-12/h1-9H,10-11H2,(H2,20,23)(H,21,22). The molecule has 1 heterocycles. The van der Waals surface area contributed by atoms with Crippen LogP contribution in [0.1, 0.15) is 10.4 Å². The van der Waals surface area contributed by atoms with Crippen LogP contribution >= 0.6 is 22.9 Å². The number of nitrogens with zero attached hydrogens (tertiary/aromatic N) is 1. The van der Waals surface area contributed by atoms with Gasteiger partial charge >= 0.3 is 0 Å². The van der Waals surface area contributed by atoms with Crippen molar-refractivity contribution in [3.63, 3.8) is 0 Å². The van der Waals surface area contributed by atoms with Gasteiger partial charge in [-0.05, 0) is 17.7 Å². The number of anilines is 1. The molecule has 0 spiro atoms. The summed E-state index contributed by atoms with van der Waals surface area (Å²) in [4.78, 5) is 16.8. The molecule has 24 heavy (non-hydrogen) atoms. The van der Waals surface area contributed by atoms with Crippen LogP contribution in [0.3, 0.4) is 0 Å². The lowest BCUT2D eigenvalue weighted by molar-refractivity contribution is -0.117. The highest BCUT2D eigenvalue weighted by Gasteiger charge is 2.15. The summed E-state index contributed by atoms with van der Waals surface area (Å²) in [5, 5.41) is 4.73. The van der Waals surface area contributed by atoms with Gasteiger partial charge in [-0.25, -0.2) is 4.98 Å². The van der Waals surface area contributed by atoms with Crippen molar-refractivity contribution < 1.29 is 4.79 Å². The second-order valence-electron chi connectivity index (χ2n) is 5.28. The summed E-state index contributed by atoms with van der Waals surface area (Å²) in [7, 11) is 0. The monoisotopic (exact) mass is 357 g/mol. The minimum absolute atomic E-state index is 0.169. The van der Waals surface area contributed by atoms with Gasteiger partial charge in [-0.15, -0.1) is 11.3 Å². The second-order valence-corrected chi connectivity index (χ2v) is 6.80. The third-order valence-corrected chi connectivity index (χ3v) is 4.70. The Labute approximate surface area is 149 Å². The van der Waals surface area contributed by atoms with E-state index >= 15 is 0 Å². The molecule has 2 aromatic carbocycles. The number of thiazole rings is 1. The van der Waals surface area contributed by atoms with Crippen LogP contribution in [0.25, 0.3) is 11.3 Å². The van der Waals surface area contributed by atoms with Gasteiger partial charge in [-0.3, -0.25) is 4.79 Å². The van der Waals surface area contributed by atoms with Crippen LogP contribution < -0.4 is 11.1 Å². The molecule has 122 valence electrons. The van der Waals surface area contributed by atoms with Gasteiger partial charge in [-0.1, -0.05) is 54.1 Å². The van der Waals surface area contributed by atoms with Crippen molar-refractivity contribution in [2.24, 2.45) is 5.73 Å². The molecule has 3 rings (SSSR count). The Morgan fingerprint density at radius 2 is 1.83 bits per heavy atom. The highest BCUT2D eigenvalue weighted by molar-refractivity contribution is 7.16. The van der Waals surface area contributed by atoms with E-state index < -0.39 is 0 Å². The van der Waals surface area contributed by atoms with Crippen LogP contribution in [-0.4, -0.2) is 10.9 Å². The number of carbonyl (C=O) groups is 1. The van der Waals surface area contributed by atoms with Gasteiger partial charge in [-0.2, -0.15) is 0 Å². The number of rotatable bonds is 6. The number of benzene rings is 2. The topological polar surface area (TPSA) is 68.0 Å². The molecule has 0 unspecified atom stereocenters. The molecule has 0 saturated carbocycles. The Bertz CT molecular complexity index is 831. The van der Waals surface area contributed by atoms with Gasteiger partial charge in [0.2, 0.25) is 5.91 Å². The van der Waals surface area contributed by atoms with Crippen LogP contribution in [0.2, 0.25) is 5.02 Å². The number of halogens is 1. The zero-order chi connectivity index (χ0) is 16.9. The van der Waals surface area contributed by atoms with Crippen molar-refractivity contribution in [3.8, 4) is 11.3 Å². The van der Waals surface area contributed by atoms with Gasteiger partial charge in [0, 0.05) is 22.0 Å². The SMILES string of the molecule is NC(=O)Cc1sc(NCc2ccccc2)nc1-c1ccc(Cl)cc1.